The molecular weight excluding hydrogens is 432 g/mol. The second-order valence-electron chi connectivity index (χ2n) is 8.10. The first-order valence-corrected chi connectivity index (χ1v) is 12.7. The van der Waals surface area contributed by atoms with Crippen LogP contribution in [0.25, 0.3) is 11.0 Å². The Balaban J connectivity index is 1.28. The Morgan fingerprint density at radius 3 is 2.55 bits per heavy atom. The average molecular weight is 459 g/mol. The lowest BCUT2D eigenvalue weighted by atomic mass is 9.81. The van der Waals surface area contributed by atoms with E-state index in [0.717, 1.165) is 43.0 Å². The van der Waals surface area contributed by atoms with Crippen LogP contribution in [0.2, 0.25) is 0 Å². The molecule has 0 spiro atoms. The molecule has 0 radical (unpaired) electrons. The van der Waals surface area contributed by atoms with Crippen LogP contribution in [0.3, 0.4) is 0 Å². The van der Waals surface area contributed by atoms with Gasteiger partial charge in [0, 0.05) is 12.5 Å². The second-order valence-corrected chi connectivity index (χ2v) is 10.4. The van der Waals surface area contributed by atoms with Crippen LogP contribution in [0, 0.1) is 11.8 Å². The number of nitrogens with zero attached hydrogens (tertiary/aromatic N) is 2. The minimum Gasteiger partial charge on any atom is -0.349 e. The molecular formula is C22H26N4O3S2. The van der Waals surface area contributed by atoms with Gasteiger partial charge in [0.25, 0.3) is 0 Å². The molecule has 1 aliphatic carbocycles. The zero-order valence-corrected chi connectivity index (χ0v) is 19.0. The van der Waals surface area contributed by atoms with Crippen LogP contribution in [0.5, 0.6) is 0 Å². The predicted molar refractivity (Wildman–Crippen MR) is 121 cm³/mol. The molecule has 1 amide bonds. The van der Waals surface area contributed by atoms with E-state index in [2.05, 4.69) is 18.8 Å². The zero-order chi connectivity index (χ0) is 21.8. The molecule has 0 bridgehead atoms. The lowest BCUT2D eigenvalue weighted by Crippen LogP contribution is -2.37. The van der Waals surface area contributed by atoms with E-state index in [1.807, 2.05) is 37.3 Å². The summed E-state index contributed by atoms with van der Waals surface area (Å²) < 4.78 is 36.5. The number of fused-ring (bicyclic) bond motifs is 1. The Labute approximate surface area is 186 Å². The summed E-state index contributed by atoms with van der Waals surface area (Å²) in [5.41, 5.74) is 2.08. The fourth-order valence-electron chi connectivity index (χ4n) is 4.09. The third kappa shape index (κ3) is 5.11. The highest BCUT2D eigenvalue weighted by Gasteiger charge is 2.28. The molecule has 1 saturated carbocycles. The lowest BCUT2D eigenvalue weighted by Gasteiger charge is -2.29. The molecule has 9 heteroatoms. The highest BCUT2D eigenvalue weighted by Crippen LogP contribution is 2.30. The number of hydrogen-bond acceptors (Lipinski definition) is 6. The molecule has 0 saturated heterocycles. The smallest absolute Gasteiger partial charge is 0.242 e. The van der Waals surface area contributed by atoms with Crippen molar-refractivity contribution in [3.8, 4) is 0 Å². The quantitative estimate of drug-likeness (QED) is 0.563. The van der Waals surface area contributed by atoms with E-state index in [1.165, 1.54) is 0 Å². The molecule has 0 aliphatic heterocycles. The number of hydrogen-bond donors (Lipinski definition) is 2. The van der Waals surface area contributed by atoms with Crippen LogP contribution < -0.4 is 10.0 Å². The summed E-state index contributed by atoms with van der Waals surface area (Å²) in [6.07, 6.45) is 3.18. The lowest BCUT2D eigenvalue weighted by molar-refractivity contribution is -0.126. The third-order valence-corrected chi connectivity index (χ3v) is 7.97. The molecule has 1 aromatic heterocycles. The highest BCUT2D eigenvalue weighted by molar-refractivity contribution is 7.89. The summed E-state index contributed by atoms with van der Waals surface area (Å²) in [6.45, 7) is 2.36. The number of carbonyl (C=O) groups excluding carboxylic acids is 1. The first kappa shape index (κ1) is 21.9. The summed E-state index contributed by atoms with van der Waals surface area (Å²) in [5, 5.41) is 3.11. The number of sulfonamides is 1. The molecule has 164 valence electrons. The standard InChI is InChI=1S/C22H26N4O3S2/c1-15(17-6-3-2-4-7-17)24-22(27)18-12-10-16(11-13-18)14-23-31(28,29)20-9-5-8-19-21(20)26-30-25-19/h2-9,15-16,18,23H,10-14H2,1H3,(H,24,27). The Hall–Kier alpha value is -2.36. The van der Waals surface area contributed by atoms with Crippen molar-refractivity contribution in [1.82, 2.24) is 18.8 Å². The maximum absolute atomic E-state index is 12.8. The van der Waals surface area contributed by atoms with E-state index < -0.39 is 10.0 Å². The first-order chi connectivity index (χ1) is 14.9. The van der Waals surface area contributed by atoms with E-state index in [-0.39, 0.29) is 28.7 Å². The molecule has 1 aliphatic rings. The number of amides is 1. The number of benzene rings is 2. The Morgan fingerprint density at radius 2 is 1.81 bits per heavy atom. The largest absolute Gasteiger partial charge is 0.349 e. The van der Waals surface area contributed by atoms with Gasteiger partial charge in [-0.3, -0.25) is 4.79 Å². The SMILES string of the molecule is CC(NC(=O)C1CCC(CNS(=O)(=O)c2cccc3nsnc23)CC1)c1ccccc1. The molecule has 2 N–H and O–H groups in total. The molecule has 2 aromatic carbocycles. The van der Waals surface area contributed by atoms with Crippen LogP contribution in [0.4, 0.5) is 0 Å². The predicted octanol–water partition coefficient (Wildman–Crippen LogP) is 3.65. The van der Waals surface area contributed by atoms with E-state index >= 15 is 0 Å². The van der Waals surface area contributed by atoms with Gasteiger partial charge in [0.15, 0.2) is 0 Å². The van der Waals surface area contributed by atoms with Gasteiger partial charge < -0.3 is 5.32 Å². The topological polar surface area (TPSA) is 101 Å². The van der Waals surface area contributed by atoms with Crippen molar-refractivity contribution >= 4 is 38.7 Å². The van der Waals surface area contributed by atoms with Crippen molar-refractivity contribution in [2.75, 3.05) is 6.54 Å². The molecule has 1 heterocycles. The van der Waals surface area contributed by atoms with Gasteiger partial charge in [0.1, 0.15) is 15.9 Å². The minimum atomic E-state index is -3.66. The van der Waals surface area contributed by atoms with Crippen molar-refractivity contribution < 1.29 is 13.2 Å². The van der Waals surface area contributed by atoms with Crippen LogP contribution in [-0.4, -0.2) is 29.6 Å². The highest BCUT2D eigenvalue weighted by atomic mass is 32.2. The van der Waals surface area contributed by atoms with Crippen molar-refractivity contribution in [3.63, 3.8) is 0 Å². The number of aromatic nitrogens is 2. The van der Waals surface area contributed by atoms with Gasteiger partial charge in [0.2, 0.25) is 15.9 Å². The molecule has 1 fully saturated rings. The molecule has 31 heavy (non-hydrogen) atoms. The maximum atomic E-state index is 12.8. The second kappa shape index (κ2) is 9.42. The maximum Gasteiger partial charge on any atom is 0.242 e. The third-order valence-electron chi connectivity index (χ3n) is 5.98. The normalized spacial score (nSPS) is 20.4. The minimum absolute atomic E-state index is 0.0196. The number of carbonyl (C=O) groups is 1. The van der Waals surface area contributed by atoms with Crippen LogP contribution >= 0.6 is 11.7 Å². The Kier molecular flexibility index (Phi) is 6.64. The van der Waals surface area contributed by atoms with Crippen molar-refractivity contribution in [1.29, 1.82) is 0 Å². The van der Waals surface area contributed by atoms with Crippen molar-refractivity contribution in [2.45, 2.75) is 43.5 Å². The van der Waals surface area contributed by atoms with E-state index in [1.54, 1.807) is 18.2 Å². The summed E-state index contributed by atoms with van der Waals surface area (Å²) in [4.78, 5) is 12.8. The van der Waals surface area contributed by atoms with Crippen molar-refractivity contribution in [3.05, 3.63) is 54.1 Å². The summed E-state index contributed by atoms with van der Waals surface area (Å²) in [5.74, 6) is 0.282. The summed E-state index contributed by atoms with van der Waals surface area (Å²) >= 11 is 1.00. The van der Waals surface area contributed by atoms with Gasteiger partial charge >= 0.3 is 0 Å². The van der Waals surface area contributed by atoms with Gasteiger partial charge in [-0.15, -0.1) is 0 Å². The fourth-order valence-corrected chi connectivity index (χ4v) is 5.97. The first-order valence-electron chi connectivity index (χ1n) is 10.5. The fraction of sp³-hybridized carbons (Fsp3) is 0.409. The van der Waals surface area contributed by atoms with E-state index in [0.29, 0.717) is 17.6 Å². The van der Waals surface area contributed by atoms with Gasteiger partial charge in [-0.2, -0.15) is 8.75 Å². The van der Waals surface area contributed by atoms with E-state index in [4.69, 9.17) is 0 Å². The molecule has 4 rings (SSSR count). The number of nitrogens with one attached hydrogen (secondary N) is 2. The molecule has 1 unspecified atom stereocenters. The Bertz CT molecular complexity index is 1140. The molecule has 3 aromatic rings. The summed E-state index contributed by atoms with van der Waals surface area (Å²) in [7, 11) is -3.66. The van der Waals surface area contributed by atoms with Gasteiger partial charge in [-0.25, -0.2) is 13.1 Å². The Morgan fingerprint density at radius 1 is 1.06 bits per heavy atom. The van der Waals surface area contributed by atoms with Gasteiger partial charge in [-0.05, 0) is 56.2 Å². The summed E-state index contributed by atoms with van der Waals surface area (Å²) in [6, 6.07) is 14.9. The van der Waals surface area contributed by atoms with Crippen molar-refractivity contribution in [2.24, 2.45) is 11.8 Å². The van der Waals surface area contributed by atoms with Gasteiger partial charge in [-0.1, -0.05) is 36.4 Å². The number of rotatable bonds is 7. The average Bonchev–Trinajstić information content (AvgIpc) is 3.27. The van der Waals surface area contributed by atoms with Gasteiger partial charge in [0.05, 0.1) is 17.8 Å². The van der Waals surface area contributed by atoms with Crippen LogP contribution in [0.15, 0.2) is 53.4 Å². The van der Waals surface area contributed by atoms with Crippen LogP contribution in [-0.2, 0) is 14.8 Å². The zero-order valence-electron chi connectivity index (χ0n) is 17.3. The monoisotopic (exact) mass is 458 g/mol. The van der Waals surface area contributed by atoms with Crippen LogP contribution in [0.1, 0.15) is 44.2 Å². The van der Waals surface area contributed by atoms with E-state index in [9.17, 15) is 13.2 Å². The molecule has 7 nitrogen and oxygen atoms in total. The molecule has 1 atom stereocenters.